The number of amides is 1. The number of rotatable bonds is 6. The van der Waals surface area contributed by atoms with E-state index in [1.165, 1.54) is 11.9 Å². The van der Waals surface area contributed by atoms with Crippen molar-refractivity contribution >= 4 is 39.9 Å². The van der Waals surface area contributed by atoms with Crippen LogP contribution in [0, 0.1) is 0 Å². The van der Waals surface area contributed by atoms with Crippen LogP contribution in [-0.4, -0.2) is 26.4 Å². The van der Waals surface area contributed by atoms with E-state index in [4.69, 9.17) is 5.14 Å². The van der Waals surface area contributed by atoms with Crippen molar-refractivity contribution in [3.8, 4) is 0 Å². The van der Waals surface area contributed by atoms with Crippen molar-refractivity contribution in [2.24, 2.45) is 9.54 Å². The van der Waals surface area contributed by atoms with Crippen LogP contribution in [0.25, 0.3) is 0 Å². The molecule has 0 bridgehead atoms. The monoisotopic (exact) mass is 390 g/mol. The molecule has 0 saturated heterocycles. The minimum absolute atomic E-state index is 0.0850. The van der Waals surface area contributed by atoms with Crippen LogP contribution in [-0.2, 0) is 23.0 Å². The molecule has 1 heterocycles. The number of sulfonamides is 1. The number of primary sulfonamides is 1. The van der Waals surface area contributed by atoms with Crippen LogP contribution >= 0.6 is 11.9 Å². The van der Waals surface area contributed by atoms with Gasteiger partial charge in [0.25, 0.3) is 5.91 Å². The Kier molecular flexibility index (Phi) is 5.60. The Hall–Kier alpha value is -2.36. The lowest BCUT2D eigenvalue weighted by molar-refractivity contribution is 0.0950. The van der Waals surface area contributed by atoms with E-state index in [1.54, 1.807) is 18.5 Å². The van der Waals surface area contributed by atoms with Gasteiger partial charge in [0.2, 0.25) is 10.0 Å². The average molecular weight is 390 g/mol. The molecule has 9 heteroatoms. The smallest absolute Gasteiger partial charge is 0.251 e. The highest BCUT2D eigenvalue weighted by Crippen LogP contribution is 2.31. The number of anilines is 1. The van der Waals surface area contributed by atoms with E-state index in [2.05, 4.69) is 15.0 Å². The second-order valence-corrected chi connectivity index (χ2v) is 8.36. The number of nitrogens with zero attached hydrogens (tertiary/aromatic N) is 1. The molecule has 4 N–H and O–H groups in total. The fourth-order valence-electron chi connectivity index (χ4n) is 2.41. The van der Waals surface area contributed by atoms with Gasteiger partial charge in [-0.05, 0) is 35.7 Å². The lowest BCUT2D eigenvalue weighted by atomic mass is 10.1. The van der Waals surface area contributed by atoms with Gasteiger partial charge in [0.05, 0.1) is 16.3 Å². The number of hydrogen-bond acceptors (Lipinski definition) is 6. The molecule has 0 fully saturated rings. The summed E-state index contributed by atoms with van der Waals surface area (Å²) in [6.07, 6.45) is 1.98. The maximum atomic E-state index is 12.3. The first-order chi connectivity index (χ1) is 12.4. The van der Waals surface area contributed by atoms with Crippen LogP contribution in [0.3, 0.4) is 0 Å². The highest BCUT2D eigenvalue weighted by molar-refractivity contribution is 7.98. The molecule has 2 aromatic carbocycles. The average Bonchev–Trinajstić information content (AvgIpc) is 2.64. The van der Waals surface area contributed by atoms with E-state index in [0.29, 0.717) is 18.5 Å². The number of carbonyl (C=O) groups is 1. The number of aryl methyl sites for hydroxylation is 1. The van der Waals surface area contributed by atoms with Gasteiger partial charge in [0.15, 0.2) is 0 Å². The molecule has 1 aliphatic rings. The van der Waals surface area contributed by atoms with Crippen molar-refractivity contribution < 1.29 is 13.2 Å². The molecule has 0 spiro atoms. The Balaban J connectivity index is 1.56. The summed E-state index contributed by atoms with van der Waals surface area (Å²) >= 11 is 1.32. The minimum Gasteiger partial charge on any atom is -0.348 e. The summed E-state index contributed by atoms with van der Waals surface area (Å²) in [5.41, 5.74) is 3.31. The van der Waals surface area contributed by atoms with Crippen molar-refractivity contribution in [3.05, 3.63) is 59.2 Å². The molecule has 0 radical (unpaired) electrons. The third-order valence-corrected chi connectivity index (χ3v) is 5.34. The van der Waals surface area contributed by atoms with E-state index >= 15 is 0 Å². The van der Waals surface area contributed by atoms with Gasteiger partial charge in [-0.1, -0.05) is 24.3 Å². The summed E-state index contributed by atoms with van der Waals surface area (Å²) in [6, 6.07) is 12.8. The third-order valence-electron chi connectivity index (χ3n) is 3.82. The predicted octanol–water partition coefficient (Wildman–Crippen LogP) is 1.91. The Morgan fingerprint density at radius 2 is 1.88 bits per heavy atom. The van der Waals surface area contributed by atoms with Crippen molar-refractivity contribution in [3.63, 3.8) is 0 Å². The number of hydrogen-bond donors (Lipinski definition) is 3. The molecular formula is C17H18N4O3S2. The van der Waals surface area contributed by atoms with E-state index in [0.717, 1.165) is 21.7 Å². The maximum Gasteiger partial charge on any atom is 0.251 e. The van der Waals surface area contributed by atoms with E-state index in [1.807, 2.05) is 30.3 Å². The molecule has 1 amide bonds. The van der Waals surface area contributed by atoms with Crippen molar-refractivity contribution in [1.82, 2.24) is 5.32 Å². The Morgan fingerprint density at radius 1 is 1.15 bits per heavy atom. The van der Waals surface area contributed by atoms with Crippen LogP contribution < -0.4 is 15.8 Å². The van der Waals surface area contributed by atoms with Crippen LogP contribution in [0.15, 0.2) is 51.8 Å². The number of carbonyl (C=O) groups excluding carboxylic acids is 1. The molecular weight excluding hydrogens is 372 g/mol. The van der Waals surface area contributed by atoms with Crippen LogP contribution in [0.1, 0.15) is 21.5 Å². The molecule has 0 aromatic heterocycles. The molecule has 0 atom stereocenters. The van der Waals surface area contributed by atoms with Crippen molar-refractivity contribution in [1.29, 1.82) is 0 Å². The minimum atomic E-state index is -3.46. The summed E-state index contributed by atoms with van der Waals surface area (Å²) in [7, 11) is -3.46. The maximum absolute atomic E-state index is 12.3. The molecule has 0 unspecified atom stereocenters. The Labute approximate surface area is 156 Å². The summed E-state index contributed by atoms with van der Waals surface area (Å²) in [6.45, 7) is 0.384. The van der Waals surface area contributed by atoms with Gasteiger partial charge in [-0.15, -0.1) is 0 Å². The van der Waals surface area contributed by atoms with E-state index in [9.17, 15) is 13.2 Å². The molecule has 2 aromatic rings. The highest BCUT2D eigenvalue weighted by Gasteiger charge is 2.12. The topological polar surface area (TPSA) is 114 Å². The van der Waals surface area contributed by atoms with Gasteiger partial charge in [-0.3, -0.25) is 4.79 Å². The van der Waals surface area contributed by atoms with Gasteiger partial charge < -0.3 is 10.6 Å². The Morgan fingerprint density at radius 3 is 2.62 bits per heavy atom. The molecule has 1 aliphatic heterocycles. The van der Waals surface area contributed by atoms with Gasteiger partial charge in [-0.25, -0.2) is 18.0 Å². The highest BCUT2D eigenvalue weighted by atomic mass is 32.2. The molecule has 26 heavy (non-hydrogen) atoms. The second kappa shape index (κ2) is 7.90. The van der Waals surface area contributed by atoms with Crippen LogP contribution in [0.4, 0.5) is 5.69 Å². The third kappa shape index (κ3) is 5.07. The summed E-state index contributed by atoms with van der Waals surface area (Å²) in [5.74, 6) is -0.250. The van der Waals surface area contributed by atoms with Gasteiger partial charge in [0.1, 0.15) is 6.34 Å². The molecule has 0 saturated carbocycles. The number of nitrogens with two attached hydrogens (primary N) is 1. The quantitative estimate of drug-likeness (QED) is 0.652. The predicted molar refractivity (Wildman–Crippen MR) is 104 cm³/mol. The SMILES string of the molecule is NS(=O)(=O)CCc1ccc(CNC(=O)c2ccc3c(c2)SN=CN3)cc1. The fourth-order valence-corrected chi connectivity index (χ4v) is 3.55. The standard InChI is InChI=1S/C17H18N4O3S2/c18-26(23,24)8-7-12-1-3-13(4-2-12)10-19-17(22)14-5-6-15-16(9-14)25-21-11-20-15/h1-6,9,11H,7-8,10H2,(H,19,22)(H,20,21)(H2,18,23,24). The second-order valence-electron chi connectivity index (χ2n) is 5.80. The molecule has 7 nitrogen and oxygen atoms in total. The van der Waals surface area contributed by atoms with Crippen molar-refractivity contribution in [2.75, 3.05) is 11.1 Å². The van der Waals surface area contributed by atoms with Crippen LogP contribution in [0.2, 0.25) is 0 Å². The van der Waals surface area contributed by atoms with Gasteiger partial charge in [-0.2, -0.15) is 0 Å². The summed E-state index contributed by atoms with van der Waals surface area (Å²) in [4.78, 5) is 13.2. The fraction of sp³-hybridized carbons (Fsp3) is 0.176. The first kappa shape index (κ1) is 18.4. The van der Waals surface area contributed by atoms with E-state index in [-0.39, 0.29) is 11.7 Å². The zero-order chi connectivity index (χ0) is 18.6. The van der Waals surface area contributed by atoms with Gasteiger partial charge >= 0.3 is 0 Å². The lowest BCUT2D eigenvalue weighted by Crippen LogP contribution is -2.23. The number of nitrogens with one attached hydrogen (secondary N) is 2. The summed E-state index contributed by atoms with van der Waals surface area (Å²) in [5, 5.41) is 10.9. The zero-order valence-electron chi connectivity index (χ0n) is 13.8. The normalized spacial score (nSPS) is 13.0. The number of fused-ring (bicyclic) bond motifs is 1. The lowest BCUT2D eigenvalue weighted by Gasteiger charge is -2.12. The molecule has 3 rings (SSSR count). The first-order valence-corrected chi connectivity index (χ1v) is 10.4. The zero-order valence-corrected chi connectivity index (χ0v) is 15.4. The largest absolute Gasteiger partial charge is 0.348 e. The van der Waals surface area contributed by atoms with Gasteiger partial charge in [0, 0.05) is 24.1 Å². The molecule has 0 aliphatic carbocycles. The summed E-state index contributed by atoms with van der Waals surface area (Å²) < 4.78 is 26.0. The van der Waals surface area contributed by atoms with Crippen LogP contribution in [0.5, 0.6) is 0 Å². The van der Waals surface area contributed by atoms with E-state index < -0.39 is 10.0 Å². The Bertz CT molecular complexity index is 941. The first-order valence-electron chi connectivity index (χ1n) is 7.87. The molecule has 136 valence electrons. The van der Waals surface area contributed by atoms with Crippen molar-refractivity contribution in [2.45, 2.75) is 17.9 Å². The number of benzene rings is 2.